The molecule has 0 saturated carbocycles. The zero-order valence-corrected chi connectivity index (χ0v) is 14.9. The summed E-state index contributed by atoms with van der Waals surface area (Å²) in [6.07, 6.45) is 4.18. The maximum Gasteiger partial charge on any atom is 0.308 e. The van der Waals surface area contributed by atoms with Crippen molar-refractivity contribution in [1.29, 1.82) is 0 Å². The van der Waals surface area contributed by atoms with E-state index in [2.05, 4.69) is 4.98 Å². The van der Waals surface area contributed by atoms with Gasteiger partial charge in [0.2, 0.25) is 0 Å². The fraction of sp³-hybridized carbons (Fsp3) is 0.500. The molecule has 0 aliphatic rings. The van der Waals surface area contributed by atoms with E-state index in [1.165, 1.54) is 0 Å². The number of aryl methyl sites for hydroxylation is 1. The fourth-order valence-electron chi connectivity index (χ4n) is 2.53. The summed E-state index contributed by atoms with van der Waals surface area (Å²) >= 11 is 0. The van der Waals surface area contributed by atoms with Crippen molar-refractivity contribution < 1.29 is 19.4 Å². The Morgan fingerprint density at radius 2 is 2.20 bits per heavy atom. The third-order valence-corrected chi connectivity index (χ3v) is 3.96. The van der Waals surface area contributed by atoms with Gasteiger partial charge in [0.05, 0.1) is 5.92 Å². The minimum atomic E-state index is -0.923. The highest BCUT2D eigenvalue weighted by Crippen LogP contribution is 2.12. The first-order chi connectivity index (χ1) is 11.9. The van der Waals surface area contributed by atoms with E-state index < -0.39 is 11.9 Å². The van der Waals surface area contributed by atoms with Crippen molar-refractivity contribution in [3.63, 3.8) is 0 Å². The van der Waals surface area contributed by atoms with Crippen molar-refractivity contribution in [3.05, 3.63) is 35.8 Å². The maximum atomic E-state index is 12.8. The van der Waals surface area contributed by atoms with Gasteiger partial charge in [0.15, 0.2) is 0 Å². The van der Waals surface area contributed by atoms with E-state index in [-0.39, 0.29) is 12.5 Å². The van der Waals surface area contributed by atoms with E-state index >= 15 is 0 Å². The molecule has 2 rings (SSSR count). The normalized spacial score (nSPS) is 12.3. The van der Waals surface area contributed by atoms with Crippen LogP contribution in [0.1, 0.15) is 36.3 Å². The smallest absolute Gasteiger partial charge is 0.308 e. The Balaban J connectivity index is 2.17. The number of amides is 1. The van der Waals surface area contributed by atoms with Gasteiger partial charge in [0, 0.05) is 38.7 Å². The second kappa shape index (κ2) is 8.62. The molecule has 7 nitrogen and oxygen atoms in total. The van der Waals surface area contributed by atoms with E-state index in [1.807, 2.05) is 32.2 Å². The molecule has 0 saturated heterocycles. The number of hydrogen-bond acceptors (Lipinski definition) is 4. The van der Waals surface area contributed by atoms with Crippen LogP contribution in [-0.2, 0) is 9.53 Å². The first-order valence-corrected chi connectivity index (χ1v) is 8.47. The van der Waals surface area contributed by atoms with Crippen LogP contribution in [-0.4, -0.2) is 57.6 Å². The number of rotatable bonds is 9. The third-order valence-electron chi connectivity index (χ3n) is 3.96. The van der Waals surface area contributed by atoms with Crippen LogP contribution in [0.25, 0.3) is 5.65 Å². The second-order valence-corrected chi connectivity index (χ2v) is 6.14. The number of aliphatic carboxylic acids is 1. The van der Waals surface area contributed by atoms with Crippen LogP contribution in [0.15, 0.2) is 24.5 Å². The summed E-state index contributed by atoms with van der Waals surface area (Å²) in [6, 6.07) is 3.84. The van der Waals surface area contributed by atoms with Gasteiger partial charge in [-0.1, -0.05) is 6.92 Å². The number of pyridine rings is 1. The maximum absolute atomic E-state index is 12.8. The van der Waals surface area contributed by atoms with Crippen LogP contribution in [0.5, 0.6) is 0 Å². The summed E-state index contributed by atoms with van der Waals surface area (Å²) in [7, 11) is 0. The minimum Gasteiger partial charge on any atom is -0.481 e. The molecule has 0 aromatic carbocycles. The highest BCUT2D eigenvalue weighted by Gasteiger charge is 2.23. The average molecular weight is 347 g/mol. The monoisotopic (exact) mass is 347 g/mol. The molecule has 0 spiro atoms. The third kappa shape index (κ3) is 5.03. The van der Waals surface area contributed by atoms with Crippen molar-refractivity contribution in [3.8, 4) is 0 Å². The lowest BCUT2D eigenvalue weighted by molar-refractivity contribution is -0.141. The van der Waals surface area contributed by atoms with Crippen molar-refractivity contribution in [2.45, 2.75) is 27.2 Å². The summed E-state index contributed by atoms with van der Waals surface area (Å²) in [6.45, 7) is 7.20. The molecule has 1 atom stereocenters. The van der Waals surface area contributed by atoms with E-state index in [9.17, 15) is 9.59 Å². The van der Waals surface area contributed by atoms with Gasteiger partial charge in [-0.15, -0.1) is 0 Å². The molecule has 0 aliphatic heterocycles. The predicted molar refractivity (Wildman–Crippen MR) is 93.7 cm³/mol. The standard InChI is InChI=1S/C18H25N3O4/c1-4-25-9-5-7-21(11-14(3)18(23)24)17(22)15-12-20-8-6-13(2)10-16(20)19-15/h6,8,10,12,14H,4-5,7,9,11H2,1-3H3,(H,23,24). The molecule has 1 unspecified atom stereocenters. The Kier molecular flexibility index (Phi) is 6.52. The van der Waals surface area contributed by atoms with Gasteiger partial charge < -0.3 is 19.1 Å². The highest BCUT2D eigenvalue weighted by atomic mass is 16.5. The number of carbonyl (C=O) groups excluding carboxylic acids is 1. The number of aromatic nitrogens is 2. The highest BCUT2D eigenvalue weighted by molar-refractivity contribution is 5.93. The van der Waals surface area contributed by atoms with Gasteiger partial charge >= 0.3 is 5.97 Å². The largest absolute Gasteiger partial charge is 0.481 e. The lowest BCUT2D eigenvalue weighted by Gasteiger charge is -2.23. The number of fused-ring (bicyclic) bond motifs is 1. The van der Waals surface area contributed by atoms with Crippen molar-refractivity contribution in [2.24, 2.45) is 5.92 Å². The molecule has 7 heteroatoms. The van der Waals surface area contributed by atoms with E-state index in [1.54, 1.807) is 22.4 Å². The first kappa shape index (κ1) is 18.9. The molecule has 136 valence electrons. The Bertz CT molecular complexity index is 741. The molecular weight excluding hydrogens is 322 g/mol. The molecule has 0 aliphatic carbocycles. The average Bonchev–Trinajstić information content (AvgIpc) is 2.99. The van der Waals surface area contributed by atoms with Crippen molar-refractivity contribution in [2.75, 3.05) is 26.3 Å². The Labute approximate surface area is 147 Å². The molecule has 2 aromatic rings. The number of nitrogens with zero attached hydrogens (tertiary/aromatic N) is 3. The van der Waals surface area contributed by atoms with Crippen LogP contribution in [0.4, 0.5) is 0 Å². The number of hydrogen-bond donors (Lipinski definition) is 1. The number of imidazole rings is 1. The van der Waals surface area contributed by atoms with Crippen LogP contribution < -0.4 is 0 Å². The molecular formula is C18H25N3O4. The Morgan fingerprint density at radius 1 is 1.44 bits per heavy atom. The molecule has 2 heterocycles. The van der Waals surface area contributed by atoms with Crippen LogP contribution in [0, 0.1) is 12.8 Å². The second-order valence-electron chi connectivity index (χ2n) is 6.14. The molecule has 0 fully saturated rings. The topological polar surface area (TPSA) is 84.1 Å². The van der Waals surface area contributed by atoms with Crippen LogP contribution in [0.2, 0.25) is 0 Å². The number of ether oxygens (including phenoxy) is 1. The zero-order chi connectivity index (χ0) is 18.4. The Hall–Kier alpha value is -2.41. The fourth-order valence-corrected chi connectivity index (χ4v) is 2.53. The summed E-state index contributed by atoms with van der Waals surface area (Å²) in [5.41, 5.74) is 2.08. The summed E-state index contributed by atoms with van der Waals surface area (Å²) in [5, 5.41) is 9.16. The number of carboxylic acids is 1. The van der Waals surface area contributed by atoms with Gasteiger partial charge in [-0.05, 0) is 38.0 Å². The molecule has 0 bridgehead atoms. The Morgan fingerprint density at radius 3 is 2.88 bits per heavy atom. The summed E-state index contributed by atoms with van der Waals surface area (Å²) in [4.78, 5) is 29.9. The van der Waals surface area contributed by atoms with Crippen LogP contribution in [0.3, 0.4) is 0 Å². The molecule has 25 heavy (non-hydrogen) atoms. The summed E-state index contributed by atoms with van der Waals surface area (Å²) < 4.78 is 7.10. The number of carbonyl (C=O) groups is 2. The van der Waals surface area contributed by atoms with Gasteiger partial charge in [0.25, 0.3) is 5.91 Å². The predicted octanol–water partition coefficient (Wildman–Crippen LogP) is 2.23. The minimum absolute atomic E-state index is 0.146. The van der Waals surface area contributed by atoms with Crippen LogP contribution >= 0.6 is 0 Å². The molecule has 1 amide bonds. The summed E-state index contributed by atoms with van der Waals surface area (Å²) in [5.74, 6) is -1.82. The first-order valence-electron chi connectivity index (χ1n) is 8.47. The van der Waals surface area contributed by atoms with E-state index in [0.29, 0.717) is 37.5 Å². The van der Waals surface area contributed by atoms with E-state index in [4.69, 9.17) is 9.84 Å². The van der Waals surface area contributed by atoms with Gasteiger partial charge in [0.1, 0.15) is 11.3 Å². The SMILES string of the molecule is CCOCCCN(CC(C)C(=O)O)C(=O)c1cn2ccc(C)cc2n1. The lowest BCUT2D eigenvalue weighted by atomic mass is 10.1. The molecule has 2 aromatic heterocycles. The molecule has 1 N–H and O–H groups in total. The van der Waals surface area contributed by atoms with Gasteiger partial charge in [-0.3, -0.25) is 9.59 Å². The quantitative estimate of drug-likeness (QED) is 0.703. The molecule has 0 radical (unpaired) electrons. The zero-order valence-electron chi connectivity index (χ0n) is 14.9. The van der Waals surface area contributed by atoms with Crippen molar-refractivity contribution >= 4 is 17.5 Å². The lowest BCUT2D eigenvalue weighted by Crippen LogP contribution is -2.38. The van der Waals surface area contributed by atoms with Crippen molar-refractivity contribution in [1.82, 2.24) is 14.3 Å². The van der Waals surface area contributed by atoms with E-state index in [0.717, 1.165) is 5.56 Å². The van der Waals surface area contributed by atoms with Gasteiger partial charge in [-0.2, -0.15) is 0 Å². The number of carboxylic acid groups (broad SMARTS) is 1. The van der Waals surface area contributed by atoms with Gasteiger partial charge in [-0.25, -0.2) is 4.98 Å².